The molecule has 4 aromatic rings. The van der Waals surface area contributed by atoms with Gasteiger partial charge in [0.15, 0.2) is 5.54 Å². The Labute approximate surface area is 213 Å². The molecule has 3 aromatic carbocycles. The molecule has 2 N–H and O–H groups in total. The first kappa shape index (κ1) is 22.7. The maximum atomic E-state index is 13.9. The molecule has 0 spiro atoms. The van der Waals surface area contributed by atoms with E-state index in [9.17, 15) is 14.4 Å². The SMILES string of the molecule is O=C(CN1C(=O)NC(c2ccccc2)(c2ccccc2)C1=O)Nc1cc(C2CC2)nn1-c1ccccc1. The quantitative estimate of drug-likeness (QED) is 0.379. The third kappa shape index (κ3) is 4.06. The van der Waals surface area contributed by atoms with Gasteiger partial charge in [-0.1, -0.05) is 78.9 Å². The van der Waals surface area contributed by atoms with Crippen molar-refractivity contribution in [3.8, 4) is 5.69 Å². The Balaban J connectivity index is 1.29. The fourth-order valence-corrected chi connectivity index (χ4v) is 4.81. The zero-order valence-electron chi connectivity index (χ0n) is 20.0. The molecule has 2 heterocycles. The highest BCUT2D eigenvalue weighted by Gasteiger charge is 2.54. The van der Waals surface area contributed by atoms with E-state index in [4.69, 9.17) is 5.10 Å². The Morgan fingerprint density at radius 3 is 2.03 bits per heavy atom. The van der Waals surface area contributed by atoms with Crippen molar-refractivity contribution in [2.75, 3.05) is 11.9 Å². The lowest BCUT2D eigenvalue weighted by atomic mass is 9.82. The summed E-state index contributed by atoms with van der Waals surface area (Å²) in [5, 5.41) is 10.4. The van der Waals surface area contributed by atoms with E-state index in [2.05, 4.69) is 10.6 Å². The van der Waals surface area contributed by atoms with Crippen LogP contribution in [0.5, 0.6) is 0 Å². The van der Waals surface area contributed by atoms with Crippen LogP contribution in [0.2, 0.25) is 0 Å². The average molecular weight is 492 g/mol. The molecule has 1 aromatic heterocycles. The highest BCUT2D eigenvalue weighted by molar-refractivity contribution is 6.12. The molecular weight excluding hydrogens is 466 g/mol. The number of urea groups is 1. The monoisotopic (exact) mass is 491 g/mol. The Kier molecular flexibility index (Phi) is 5.56. The number of nitrogens with one attached hydrogen (secondary N) is 2. The topological polar surface area (TPSA) is 96.3 Å². The number of hydrogen-bond acceptors (Lipinski definition) is 4. The Bertz CT molecular complexity index is 1420. The van der Waals surface area contributed by atoms with Crippen LogP contribution in [0.25, 0.3) is 5.69 Å². The van der Waals surface area contributed by atoms with Gasteiger partial charge in [0.2, 0.25) is 5.91 Å². The molecule has 2 aliphatic rings. The number of imide groups is 1. The lowest BCUT2D eigenvalue weighted by Crippen LogP contribution is -2.45. The van der Waals surface area contributed by atoms with Crippen molar-refractivity contribution in [1.82, 2.24) is 20.0 Å². The number of benzene rings is 3. The van der Waals surface area contributed by atoms with Crippen molar-refractivity contribution in [3.05, 3.63) is 114 Å². The van der Waals surface area contributed by atoms with E-state index in [0.717, 1.165) is 29.1 Å². The second-order valence-corrected chi connectivity index (χ2v) is 9.33. The van der Waals surface area contributed by atoms with E-state index in [0.29, 0.717) is 22.9 Å². The molecule has 37 heavy (non-hydrogen) atoms. The van der Waals surface area contributed by atoms with Crippen LogP contribution in [0.1, 0.15) is 35.6 Å². The number of aromatic nitrogens is 2. The lowest BCUT2D eigenvalue weighted by Gasteiger charge is -2.28. The highest BCUT2D eigenvalue weighted by atomic mass is 16.2. The predicted octanol–water partition coefficient (Wildman–Crippen LogP) is 4.18. The third-order valence-electron chi connectivity index (χ3n) is 6.81. The zero-order valence-corrected chi connectivity index (χ0v) is 20.0. The first-order valence-corrected chi connectivity index (χ1v) is 12.3. The molecular formula is C29H25N5O3. The summed E-state index contributed by atoms with van der Waals surface area (Å²) in [7, 11) is 0. The molecule has 1 aliphatic carbocycles. The van der Waals surface area contributed by atoms with Crippen molar-refractivity contribution >= 4 is 23.7 Å². The number of para-hydroxylation sites is 1. The molecule has 0 atom stereocenters. The van der Waals surface area contributed by atoms with Gasteiger partial charge in [0.25, 0.3) is 5.91 Å². The van der Waals surface area contributed by atoms with Crippen LogP contribution in [0.4, 0.5) is 10.6 Å². The van der Waals surface area contributed by atoms with Crippen LogP contribution >= 0.6 is 0 Å². The van der Waals surface area contributed by atoms with Gasteiger partial charge in [-0.2, -0.15) is 5.10 Å². The number of amides is 4. The van der Waals surface area contributed by atoms with E-state index in [1.165, 1.54) is 0 Å². The molecule has 6 rings (SSSR count). The summed E-state index contributed by atoms with van der Waals surface area (Å²) >= 11 is 0. The summed E-state index contributed by atoms with van der Waals surface area (Å²) in [5.74, 6) is -0.0911. The van der Waals surface area contributed by atoms with E-state index >= 15 is 0 Å². The Hall–Kier alpha value is -4.72. The number of hydrogen-bond donors (Lipinski definition) is 2. The standard InChI is InChI=1S/C29H25N5O3/c35-26(30-25-18-24(20-16-17-20)32-34(25)23-14-8-3-9-15-23)19-33-27(36)29(31-28(33)37,21-10-4-1-5-11-21)22-12-6-2-7-13-22/h1-15,18,20H,16-17,19H2,(H,30,35)(H,31,37). The van der Waals surface area contributed by atoms with Crippen LogP contribution in [0.3, 0.4) is 0 Å². The fraction of sp³-hybridized carbons (Fsp3) is 0.172. The van der Waals surface area contributed by atoms with E-state index in [1.807, 2.05) is 72.8 Å². The minimum Gasteiger partial charge on any atom is -0.315 e. The predicted molar refractivity (Wildman–Crippen MR) is 138 cm³/mol. The third-order valence-corrected chi connectivity index (χ3v) is 6.81. The van der Waals surface area contributed by atoms with Crippen molar-refractivity contribution in [2.24, 2.45) is 0 Å². The van der Waals surface area contributed by atoms with Crippen molar-refractivity contribution in [3.63, 3.8) is 0 Å². The van der Waals surface area contributed by atoms with Crippen LogP contribution in [0.15, 0.2) is 97.1 Å². The number of carbonyl (C=O) groups is 3. The molecule has 8 heteroatoms. The first-order chi connectivity index (χ1) is 18.1. The molecule has 0 bridgehead atoms. The van der Waals surface area contributed by atoms with Crippen LogP contribution < -0.4 is 10.6 Å². The lowest BCUT2D eigenvalue weighted by molar-refractivity contribution is -0.133. The largest absolute Gasteiger partial charge is 0.326 e. The van der Waals surface area contributed by atoms with E-state index < -0.39 is 29.9 Å². The first-order valence-electron chi connectivity index (χ1n) is 12.3. The van der Waals surface area contributed by atoms with Crippen molar-refractivity contribution < 1.29 is 14.4 Å². The summed E-state index contributed by atoms with van der Waals surface area (Å²) in [6.45, 7) is -0.426. The molecule has 0 radical (unpaired) electrons. The highest BCUT2D eigenvalue weighted by Crippen LogP contribution is 2.40. The van der Waals surface area contributed by atoms with Crippen LogP contribution in [0, 0.1) is 0 Å². The van der Waals surface area contributed by atoms with Crippen LogP contribution in [-0.4, -0.2) is 39.1 Å². The van der Waals surface area contributed by atoms with Crippen molar-refractivity contribution in [2.45, 2.75) is 24.3 Å². The average Bonchev–Trinajstić information content (AvgIpc) is 3.66. The fourth-order valence-electron chi connectivity index (χ4n) is 4.81. The van der Waals surface area contributed by atoms with Crippen molar-refractivity contribution in [1.29, 1.82) is 0 Å². The molecule has 8 nitrogen and oxygen atoms in total. The van der Waals surface area contributed by atoms with Gasteiger partial charge in [-0.25, -0.2) is 9.48 Å². The molecule has 1 saturated heterocycles. The summed E-state index contributed by atoms with van der Waals surface area (Å²) < 4.78 is 1.69. The maximum absolute atomic E-state index is 13.9. The second-order valence-electron chi connectivity index (χ2n) is 9.33. The van der Waals surface area contributed by atoms with Gasteiger partial charge in [-0.05, 0) is 36.1 Å². The summed E-state index contributed by atoms with van der Waals surface area (Å²) in [5.41, 5.74) is 1.57. The summed E-state index contributed by atoms with van der Waals surface area (Å²) in [4.78, 5) is 41.2. The van der Waals surface area contributed by atoms with E-state index in [1.54, 1.807) is 28.9 Å². The normalized spacial score (nSPS) is 16.5. The van der Waals surface area contributed by atoms with Crippen LogP contribution in [-0.2, 0) is 15.1 Å². The molecule has 4 amide bonds. The minimum atomic E-state index is -1.41. The Morgan fingerprint density at radius 2 is 1.46 bits per heavy atom. The number of nitrogens with zero attached hydrogens (tertiary/aromatic N) is 3. The van der Waals surface area contributed by atoms with Gasteiger partial charge < -0.3 is 10.6 Å². The summed E-state index contributed by atoms with van der Waals surface area (Å²) in [6, 6.07) is 28.9. The minimum absolute atomic E-state index is 0.393. The molecule has 2 fully saturated rings. The Morgan fingerprint density at radius 1 is 0.892 bits per heavy atom. The van der Waals surface area contributed by atoms with Gasteiger partial charge in [0.1, 0.15) is 12.4 Å². The number of rotatable bonds is 7. The van der Waals surface area contributed by atoms with Gasteiger partial charge in [-0.3, -0.25) is 14.5 Å². The number of anilines is 1. The van der Waals surface area contributed by atoms with Gasteiger partial charge in [0, 0.05) is 12.0 Å². The second kappa shape index (κ2) is 9.05. The number of carbonyl (C=O) groups excluding carboxylic acids is 3. The van der Waals surface area contributed by atoms with Gasteiger partial charge in [0.05, 0.1) is 11.4 Å². The maximum Gasteiger partial charge on any atom is 0.326 e. The molecule has 1 saturated carbocycles. The molecule has 1 aliphatic heterocycles. The van der Waals surface area contributed by atoms with E-state index in [-0.39, 0.29) is 0 Å². The van der Waals surface area contributed by atoms with Gasteiger partial charge >= 0.3 is 6.03 Å². The summed E-state index contributed by atoms with van der Waals surface area (Å²) in [6.07, 6.45) is 2.14. The van der Waals surface area contributed by atoms with Gasteiger partial charge in [-0.15, -0.1) is 0 Å². The molecule has 0 unspecified atom stereocenters. The smallest absolute Gasteiger partial charge is 0.315 e. The zero-order chi connectivity index (χ0) is 25.4. The molecule has 184 valence electrons.